The highest BCUT2D eigenvalue weighted by atomic mass is 19.1. The highest BCUT2D eigenvalue weighted by Crippen LogP contribution is 2.28. The van der Waals surface area contributed by atoms with Crippen LogP contribution in [-0.2, 0) is 11.3 Å². The quantitative estimate of drug-likeness (QED) is 0.301. The van der Waals surface area contributed by atoms with Gasteiger partial charge in [-0.1, -0.05) is 61.7 Å². The van der Waals surface area contributed by atoms with Gasteiger partial charge in [-0.2, -0.15) is 0 Å². The van der Waals surface area contributed by atoms with Crippen molar-refractivity contribution in [1.82, 2.24) is 15.2 Å². The summed E-state index contributed by atoms with van der Waals surface area (Å²) < 4.78 is 19.4. The lowest BCUT2D eigenvalue weighted by Gasteiger charge is -2.32. The summed E-state index contributed by atoms with van der Waals surface area (Å²) in [5, 5.41) is 3.16. The molecule has 1 atom stereocenters. The van der Waals surface area contributed by atoms with Crippen molar-refractivity contribution in [2.24, 2.45) is 0 Å². The maximum absolute atomic E-state index is 14.0. The van der Waals surface area contributed by atoms with E-state index in [1.165, 1.54) is 23.3 Å². The molecule has 190 valence electrons. The average molecular weight is 500 g/mol. The van der Waals surface area contributed by atoms with Gasteiger partial charge in [0.05, 0.1) is 12.8 Å². The van der Waals surface area contributed by atoms with Crippen molar-refractivity contribution in [1.29, 1.82) is 0 Å². The fourth-order valence-corrected chi connectivity index (χ4v) is 4.96. The summed E-state index contributed by atoms with van der Waals surface area (Å²) in [6, 6.07) is 21.6. The lowest BCUT2D eigenvalue weighted by atomic mass is 9.94. The fourth-order valence-electron chi connectivity index (χ4n) is 4.96. The number of aromatic nitrogens is 1. The Morgan fingerprint density at radius 3 is 2.41 bits per heavy atom. The molecule has 0 bridgehead atoms. The molecule has 0 aliphatic heterocycles. The monoisotopic (exact) mass is 499 g/mol. The molecule has 2 aromatic heterocycles. The van der Waals surface area contributed by atoms with Gasteiger partial charge in [-0.15, -0.1) is 0 Å². The Morgan fingerprint density at radius 2 is 1.70 bits per heavy atom. The van der Waals surface area contributed by atoms with Crippen molar-refractivity contribution in [3.8, 4) is 11.3 Å². The molecule has 7 heteroatoms. The predicted octanol–water partition coefficient (Wildman–Crippen LogP) is 6.25. The SMILES string of the molecule is O=C(NC1CCCCC1)[C@H](c1ccc(F)cc1)N(Cc1ccco1)C(=O)c1ccc(-c2ccccc2)[nH]1. The Bertz CT molecular complexity index is 1310. The third kappa shape index (κ3) is 5.82. The molecule has 0 spiro atoms. The largest absolute Gasteiger partial charge is 0.467 e. The molecular weight excluding hydrogens is 469 g/mol. The molecule has 37 heavy (non-hydrogen) atoms. The molecule has 5 rings (SSSR count). The van der Waals surface area contributed by atoms with Crippen molar-refractivity contribution >= 4 is 11.8 Å². The van der Waals surface area contributed by atoms with E-state index in [4.69, 9.17) is 4.42 Å². The number of hydrogen-bond donors (Lipinski definition) is 2. The van der Waals surface area contributed by atoms with Crippen molar-refractivity contribution in [3.05, 3.63) is 108 Å². The number of rotatable bonds is 8. The van der Waals surface area contributed by atoms with E-state index in [1.807, 2.05) is 36.4 Å². The summed E-state index contributed by atoms with van der Waals surface area (Å²) >= 11 is 0. The van der Waals surface area contributed by atoms with Crippen molar-refractivity contribution in [2.45, 2.75) is 50.7 Å². The van der Waals surface area contributed by atoms with Crippen LogP contribution < -0.4 is 5.32 Å². The number of benzene rings is 2. The van der Waals surface area contributed by atoms with Gasteiger partial charge in [-0.05, 0) is 60.4 Å². The summed E-state index contributed by atoms with van der Waals surface area (Å²) in [4.78, 5) is 32.5. The van der Waals surface area contributed by atoms with Gasteiger partial charge >= 0.3 is 0 Å². The first-order chi connectivity index (χ1) is 18.1. The lowest BCUT2D eigenvalue weighted by Crippen LogP contribution is -2.47. The van der Waals surface area contributed by atoms with E-state index in [-0.39, 0.29) is 24.4 Å². The van der Waals surface area contributed by atoms with Gasteiger partial charge < -0.3 is 19.6 Å². The van der Waals surface area contributed by atoms with E-state index in [2.05, 4.69) is 10.3 Å². The Balaban J connectivity index is 1.51. The number of furan rings is 1. The summed E-state index contributed by atoms with van der Waals surface area (Å²) in [6.07, 6.45) is 6.64. The van der Waals surface area contributed by atoms with E-state index in [9.17, 15) is 14.0 Å². The second-order valence-electron chi connectivity index (χ2n) is 9.46. The molecule has 2 aromatic carbocycles. The maximum atomic E-state index is 14.0. The van der Waals surface area contributed by atoms with Crippen LogP contribution >= 0.6 is 0 Å². The number of carbonyl (C=O) groups is 2. The molecule has 6 nitrogen and oxygen atoms in total. The second kappa shape index (κ2) is 11.3. The number of H-pyrrole nitrogens is 1. The first-order valence-electron chi connectivity index (χ1n) is 12.7. The summed E-state index contributed by atoms with van der Waals surface area (Å²) in [7, 11) is 0. The first-order valence-corrected chi connectivity index (χ1v) is 12.7. The summed E-state index contributed by atoms with van der Waals surface area (Å²) in [6.45, 7) is 0.0751. The van der Waals surface area contributed by atoms with E-state index in [1.54, 1.807) is 30.3 Å². The first kappa shape index (κ1) is 24.6. The Labute approximate surface area is 215 Å². The molecule has 0 radical (unpaired) electrons. The van der Waals surface area contributed by atoms with Gasteiger partial charge in [-0.3, -0.25) is 9.59 Å². The smallest absolute Gasteiger partial charge is 0.271 e. The number of carbonyl (C=O) groups excluding carboxylic acids is 2. The number of nitrogens with one attached hydrogen (secondary N) is 2. The number of aromatic amines is 1. The molecular formula is C30H30FN3O3. The average Bonchev–Trinajstić information content (AvgIpc) is 3.63. The summed E-state index contributed by atoms with van der Waals surface area (Å²) in [5.41, 5.74) is 2.63. The minimum Gasteiger partial charge on any atom is -0.467 e. The standard InChI is InChI=1S/C30H30FN3O3/c31-23-15-13-22(14-16-23)28(29(35)32-24-10-5-2-6-11-24)34(20-25-12-7-19-37-25)30(36)27-18-17-26(33-27)21-8-3-1-4-9-21/h1,3-4,7-9,12-19,24,28,33H,2,5-6,10-11,20H2,(H,32,35)/t28-/m0/s1. The van der Waals surface area contributed by atoms with Crippen molar-refractivity contribution < 1.29 is 18.4 Å². The topological polar surface area (TPSA) is 78.3 Å². The molecule has 1 fully saturated rings. The minimum atomic E-state index is -0.969. The van der Waals surface area contributed by atoms with Gasteiger partial charge in [0.2, 0.25) is 5.91 Å². The zero-order chi connectivity index (χ0) is 25.6. The van der Waals surface area contributed by atoms with Crippen LogP contribution in [0.4, 0.5) is 4.39 Å². The Kier molecular flexibility index (Phi) is 7.49. The van der Waals surface area contributed by atoms with E-state index < -0.39 is 11.9 Å². The van der Waals surface area contributed by atoms with Crippen LogP contribution in [0.25, 0.3) is 11.3 Å². The van der Waals surface area contributed by atoms with E-state index in [0.717, 1.165) is 43.4 Å². The van der Waals surface area contributed by atoms with Crippen molar-refractivity contribution in [2.75, 3.05) is 0 Å². The van der Waals surface area contributed by atoms with Gasteiger partial charge in [-0.25, -0.2) is 4.39 Å². The van der Waals surface area contributed by atoms with Gasteiger partial charge in [0, 0.05) is 11.7 Å². The third-order valence-corrected chi connectivity index (χ3v) is 6.87. The van der Waals surface area contributed by atoms with Crippen molar-refractivity contribution in [3.63, 3.8) is 0 Å². The van der Waals surface area contributed by atoms with Crippen LogP contribution in [0.1, 0.15) is 60.0 Å². The van der Waals surface area contributed by atoms with Crippen LogP contribution in [0, 0.1) is 5.82 Å². The van der Waals surface area contributed by atoms with E-state index in [0.29, 0.717) is 17.0 Å². The van der Waals surface area contributed by atoms with Gasteiger partial charge in [0.1, 0.15) is 23.3 Å². The number of amides is 2. The Hall–Kier alpha value is -4.13. The molecule has 0 saturated heterocycles. The zero-order valence-corrected chi connectivity index (χ0v) is 20.5. The molecule has 4 aromatic rings. The van der Waals surface area contributed by atoms with E-state index >= 15 is 0 Å². The maximum Gasteiger partial charge on any atom is 0.271 e. The highest BCUT2D eigenvalue weighted by molar-refractivity contribution is 5.97. The minimum absolute atomic E-state index is 0.0555. The van der Waals surface area contributed by atoms with Crippen LogP contribution in [-0.4, -0.2) is 27.7 Å². The molecule has 0 unspecified atom stereocenters. The van der Waals surface area contributed by atoms with Crippen LogP contribution in [0.5, 0.6) is 0 Å². The third-order valence-electron chi connectivity index (χ3n) is 6.87. The molecule has 2 heterocycles. The predicted molar refractivity (Wildman–Crippen MR) is 139 cm³/mol. The molecule has 1 aliphatic rings. The molecule has 1 aliphatic carbocycles. The number of nitrogens with zero attached hydrogens (tertiary/aromatic N) is 1. The highest BCUT2D eigenvalue weighted by Gasteiger charge is 2.34. The Morgan fingerprint density at radius 1 is 0.946 bits per heavy atom. The van der Waals surface area contributed by atoms with Crippen LogP contribution in [0.15, 0.2) is 89.5 Å². The van der Waals surface area contributed by atoms with Gasteiger partial charge in [0.25, 0.3) is 5.91 Å². The van der Waals surface area contributed by atoms with Crippen LogP contribution in [0.3, 0.4) is 0 Å². The number of halogens is 1. The van der Waals surface area contributed by atoms with Gasteiger partial charge in [0.15, 0.2) is 0 Å². The number of hydrogen-bond acceptors (Lipinski definition) is 3. The molecule has 2 amide bonds. The zero-order valence-electron chi connectivity index (χ0n) is 20.5. The lowest BCUT2D eigenvalue weighted by molar-refractivity contribution is -0.127. The summed E-state index contributed by atoms with van der Waals surface area (Å²) in [5.74, 6) is -0.503. The van der Waals surface area contributed by atoms with Crippen LogP contribution in [0.2, 0.25) is 0 Å². The normalized spacial score (nSPS) is 14.7. The second-order valence-corrected chi connectivity index (χ2v) is 9.46. The fraction of sp³-hybridized carbons (Fsp3) is 0.267. The molecule has 2 N–H and O–H groups in total. The molecule has 1 saturated carbocycles.